The molecule has 1 fully saturated rings. The molecule has 0 bridgehead atoms. The monoisotopic (exact) mass is 320 g/mol. The average Bonchev–Trinajstić information content (AvgIpc) is 2.97. The highest BCUT2D eigenvalue weighted by atomic mass is 32.2. The van der Waals surface area contributed by atoms with E-state index >= 15 is 0 Å². The van der Waals surface area contributed by atoms with Crippen LogP contribution in [0.4, 0.5) is 0 Å². The van der Waals surface area contributed by atoms with Gasteiger partial charge in [-0.2, -0.15) is 0 Å². The molecule has 22 heavy (non-hydrogen) atoms. The van der Waals surface area contributed by atoms with Gasteiger partial charge >= 0.3 is 0 Å². The van der Waals surface area contributed by atoms with Crippen LogP contribution < -0.4 is 0 Å². The summed E-state index contributed by atoms with van der Waals surface area (Å²) in [5, 5.41) is 18.9. The summed E-state index contributed by atoms with van der Waals surface area (Å²) in [5.41, 5.74) is 0.965. The molecule has 2 aromatic rings. The summed E-state index contributed by atoms with van der Waals surface area (Å²) in [6, 6.07) is 7.09. The summed E-state index contributed by atoms with van der Waals surface area (Å²) in [7, 11) is 0. The second kappa shape index (κ2) is 7.13. The van der Waals surface area contributed by atoms with Crippen molar-refractivity contribution in [2.45, 2.75) is 11.7 Å². The van der Waals surface area contributed by atoms with Crippen LogP contribution in [0, 0.1) is 0 Å². The lowest BCUT2D eigenvalue weighted by Gasteiger charge is -2.26. The van der Waals surface area contributed by atoms with Gasteiger partial charge in [0.25, 0.3) is 0 Å². The van der Waals surface area contributed by atoms with Gasteiger partial charge in [0.05, 0.1) is 13.2 Å². The lowest BCUT2D eigenvalue weighted by molar-refractivity contribution is 0.0361. The van der Waals surface area contributed by atoms with Gasteiger partial charge in [-0.15, -0.1) is 10.2 Å². The molecule has 2 heterocycles. The van der Waals surface area contributed by atoms with Crippen molar-refractivity contribution in [3.8, 4) is 17.1 Å². The van der Waals surface area contributed by atoms with E-state index in [1.54, 1.807) is 23.9 Å². The van der Waals surface area contributed by atoms with Crippen LogP contribution >= 0.6 is 11.8 Å². The number of nitrogens with zero attached hydrogens (tertiary/aromatic N) is 4. The van der Waals surface area contributed by atoms with Crippen LogP contribution in [-0.2, 0) is 11.3 Å². The number of benzene rings is 1. The Balaban J connectivity index is 1.79. The molecule has 1 N–H and O–H groups in total. The van der Waals surface area contributed by atoms with Crippen molar-refractivity contribution in [1.82, 2.24) is 19.7 Å². The van der Waals surface area contributed by atoms with Gasteiger partial charge in [-0.3, -0.25) is 4.90 Å². The highest BCUT2D eigenvalue weighted by Gasteiger charge is 2.16. The number of hydrogen-bond donors (Lipinski definition) is 1. The predicted octanol–water partition coefficient (Wildman–Crippen LogP) is 1.70. The SMILES string of the molecule is CSc1nnc(-c2ccc(O)cc2)n1CCN1CCOCC1. The Hall–Kier alpha value is -1.57. The van der Waals surface area contributed by atoms with Crippen LogP contribution in [0.3, 0.4) is 0 Å². The van der Waals surface area contributed by atoms with E-state index in [2.05, 4.69) is 19.7 Å². The molecular weight excluding hydrogens is 300 g/mol. The molecule has 1 aliphatic heterocycles. The molecule has 0 amide bonds. The smallest absolute Gasteiger partial charge is 0.191 e. The Kier molecular flexibility index (Phi) is 4.97. The lowest BCUT2D eigenvalue weighted by atomic mass is 10.2. The molecule has 6 nitrogen and oxygen atoms in total. The first-order chi connectivity index (χ1) is 10.8. The zero-order valence-corrected chi connectivity index (χ0v) is 13.4. The number of phenolic OH excluding ortho intramolecular Hbond substituents is 1. The number of ether oxygens (including phenoxy) is 1. The Bertz CT molecular complexity index is 609. The van der Waals surface area contributed by atoms with E-state index < -0.39 is 0 Å². The van der Waals surface area contributed by atoms with E-state index in [-0.39, 0.29) is 5.75 Å². The zero-order chi connectivity index (χ0) is 15.4. The van der Waals surface area contributed by atoms with Gasteiger partial charge in [0.1, 0.15) is 5.75 Å². The first-order valence-electron chi connectivity index (χ1n) is 7.34. The number of aromatic nitrogens is 3. The molecule has 0 radical (unpaired) electrons. The molecule has 1 saturated heterocycles. The third-order valence-electron chi connectivity index (χ3n) is 3.77. The van der Waals surface area contributed by atoms with E-state index in [1.807, 2.05) is 18.4 Å². The molecule has 1 aromatic heterocycles. The van der Waals surface area contributed by atoms with Gasteiger partial charge in [0.2, 0.25) is 0 Å². The Morgan fingerprint density at radius 1 is 1.14 bits per heavy atom. The van der Waals surface area contributed by atoms with Gasteiger partial charge in [0, 0.05) is 31.7 Å². The van der Waals surface area contributed by atoms with E-state index in [9.17, 15) is 5.11 Å². The van der Waals surface area contributed by atoms with Crippen LogP contribution in [0.25, 0.3) is 11.4 Å². The van der Waals surface area contributed by atoms with E-state index in [0.29, 0.717) is 0 Å². The van der Waals surface area contributed by atoms with Crippen molar-refractivity contribution in [3.05, 3.63) is 24.3 Å². The first kappa shape index (κ1) is 15.3. The van der Waals surface area contributed by atoms with Gasteiger partial charge in [-0.25, -0.2) is 0 Å². The molecule has 0 aliphatic carbocycles. The van der Waals surface area contributed by atoms with Crippen molar-refractivity contribution >= 4 is 11.8 Å². The minimum atomic E-state index is 0.258. The Labute approximate surface area is 134 Å². The van der Waals surface area contributed by atoms with Crippen molar-refractivity contribution in [1.29, 1.82) is 0 Å². The average molecular weight is 320 g/mol. The molecular formula is C15H20N4O2S. The van der Waals surface area contributed by atoms with Crippen LogP contribution in [0.1, 0.15) is 0 Å². The molecule has 0 spiro atoms. The Morgan fingerprint density at radius 3 is 2.55 bits per heavy atom. The number of morpholine rings is 1. The summed E-state index contributed by atoms with van der Waals surface area (Å²) in [4.78, 5) is 2.40. The van der Waals surface area contributed by atoms with Crippen LogP contribution in [0.5, 0.6) is 5.75 Å². The highest BCUT2D eigenvalue weighted by Crippen LogP contribution is 2.24. The van der Waals surface area contributed by atoms with Gasteiger partial charge in [0.15, 0.2) is 11.0 Å². The topological polar surface area (TPSA) is 63.4 Å². The number of thioether (sulfide) groups is 1. The quantitative estimate of drug-likeness (QED) is 0.846. The van der Waals surface area contributed by atoms with Crippen molar-refractivity contribution in [2.24, 2.45) is 0 Å². The molecule has 118 valence electrons. The lowest BCUT2D eigenvalue weighted by Crippen LogP contribution is -2.38. The van der Waals surface area contributed by atoms with E-state index in [0.717, 1.165) is 55.9 Å². The third-order valence-corrected chi connectivity index (χ3v) is 4.44. The van der Waals surface area contributed by atoms with Crippen LogP contribution in [0.15, 0.2) is 29.4 Å². The van der Waals surface area contributed by atoms with Crippen molar-refractivity contribution < 1.29 is 9.84 Å². The summed E-state index contributed by atoms with van der Waals surface area (Å²) < 4.78 is 7.53. The fourth-order valence-corrected chi connectivity index (χ4v) is 3.05. The maximum absolute atomic E-state index is 9.43. The zero-order valence-electron chi connectivity index (χ0n) is 12.6. The van der Waals surface area contributed by atoms with Crippen molar-refractivity contribution in [3.63, 3.8) is 0 Å². The molecule has 3 rings (SSSR count). The standard InChI is InChI=1S/C15H20N4O2S/c1-22-15-17-16-14(12-2-4-13(20)5-3-12)19(15)7-6-18-8-10-21-11-9-18/h2-5,20H,6-11H2,1H3. The minimum absolute atomic E-state index is 0.258. The van der Waals surface area contributed by atoms with Crippen molar-refractivity contribution in [2.75, 3.05) is 39.1 Å². The molecule has 0 atom stereocenters. The normalized spacial score (nSPS) is 16.0. The second-order valence-electron chi connectivity index (χ2n) is 5.16. The largest absolute Gasteiger partial charge is 0.508 e. The fourth-order valence-electron chi connectivity index (χ4n) is 2.53. The van der Waals surface area contributed by atoms with E-state index in [1.165, 1.54) is 0 Å². The molecule has 0 unspecified atom stereocenters. The van der Waals surface area contributed by atoms with E-state index in [4.69, 9.17) is 4.74 Å². The molecule has 7 heteroatoms. The van der Waals surface area contributed by atoms with Crippen LogP contribution in [0.2, 0.25) is 0 Å². The maximum Gasteiger partial charge on any atom is 0.191 e. The number of hydrogen-bond acceptors (Lipinski definition) is 6. The second-order valence-corrected chi connectivity index (χ2v) is 5.94. The fraction of sp³-hybridized carbons (Fsp3) is 0.467. The summed E-state index contributed by atoms with van der Waals surface area (Å²) in [5.74, 6) is 1.10. The van der Waals surface area contributed by atoms with Gasteiger partial charge in [-0.05, 0) is 30.5 Å². The number of phenols is 1. The highest BCUT2D eigenvalue weighted by molar-refractivity contribution is 7.98. The molecule has 0 saturated carbocycles. The summed E-state index contributed by atoms with van der Waals surface area (Å²) >= 11 is 1.60. The van der Waals surface area contributed by atoms with Gasteiger partial charge in [-0.1, -0.05) is 11.8 Å². The van der Waals surface area contributed by atoms with Gasteiger partial charge < -0.3 is 14.4 Å². The van der Waals surface area contributed by atoms with Crippen LogP contribution in [-0.4, -0.2) is 63.9 Å². The summed E-state index contributed by atoms with van der Waals surface area (Å²) in [6.45, 7) is 5.38. The number of rotatable bonds is 5. The molecule has 1 aromatic carbocycles. The third kappa shape index (κ3) is 3.43. The predicted molar refractivity (Wildman–Crippen MR) is 86.2 cm³/mol. The maximum atomic E-state index is 9.43. The molecule has 1 aliphatic rings. The minimum Gasteiger partial charge on any atom is -0.508 e. The number of aromatic hydroxyl groups is 1. The Morgan fingerprint density at radius 2 is 1.86 bits per heavy atom. The summed E-state index contributed by atoms with van der Waals surface area (Å²) in [6.07, 6.45) is 2.01. The first-order valence-corrected chi connectivity index (χ1v) is 8.57.